The molecular weight excluding hydrogens is 230 g/mol. The smallest absolute Gasteiger partial charge is 0.216 e. The van der Waals surface area contributed by atoms with Crippen LogP contribution in [0.15, 0.2) is 24.3 Å². The minimum absolute atomic E-state index is 0.00589. The van der Waals surface area contributed by atoms with Gasteiger partial charge in [-0.25, -0.2) is 0 Å². The minimum atomic E-state index is -0.475. The van der Waals surface area contributed by atoms with E-state index in [-0.39, 0.29) is 5.91 Å². The molecule has 1 atom stereocenters. The zero-order valence-corrected chi connectivity index (χ0v) is 11.0. The molecule has 4 nitrogen and oxygen atoms in total. The summed E-state index contributed by atoms with van der Waals surface area (Å²) in [5, 5.41) is 12.0. The Labute approximate surface area is 108 Å². The first-order chi connectivity index (χ1) is 8.59. The molecule has 0 bridgehead atoms. The SMILES string of the molecule is CC(=O)NCCCc1ccccc1OCC(C)O. The second-order valence-electron chi connectivity index (χ2n) is 4.35. The lowest BCUT2D eigenvalue weighted by atomic mass is 10.1. The van der Waals surface area contributed by atoms with Gasteiger partial charge in [0.05, 0.1) is 6.10 Å². The number of amides is 1. The number of aryl methyl sites for hydroxylation is 1. The molecule has 100 valence electrons. The fourth-order valence-corrected chi connectivity index (χ4v) is 1.60. The van der Waals surface area contributed by atoms with Crippen molar-refractivity contribution in [3.8, 4) is 5.75 Å². The Bertz CT molecular complexity index is 377. The molecule has 0 aliphatic carbocycles. The number of aliphatic hydroxyl groups is 1. The number of benzene rings is 1. The van der Waals surface area contributed by atoms with Crippen molar-refractivity contribution in [1.29, 1.82) is 0 Å². The van der Waals surface area contributed by atoms with Gasteiger partial charge in [-0.15, -0.1) is 0 Å². The van der Waals surface area contributed by atoms with Crippen LogP contribution in [0.3, 0.4) is 0 Å². The average molecular weight is 251 g/mol. The lowest BCUT2D eigenvalue weighted by Gasteiger charge is -2.12. The van der Waals surface area contributed by atoms with Crippen molar-refractivity contribution >= 4 is 5.91 Å². The number of nitrogens with one attached hydrogen (secondary N) is 1. The van der Waals surface area contributed by atoms with Crippen LogP contribution in [0.1, 0.15) is 25.8 Å². The summed E-state index contributed by atoms with van der Waals surface area (Å²) in [6.45, 7) is 4.17. The third kappa shape index (κ3) is 5.68. The highest BCUT2D eigenvalue weighted by Gasteiger charge is 2.04. The number of aliphatic hydroxyl groups excluding tert-OH is 1. The zero-order valence-electron chi connectivity index (χ0n) is 11.0. The molecular formula is C14H21NO3. The Balaban J connectivity index is 2.45. The summed E-state index contributed by atoms with van der Waals surface area (Å²) in [6, 6.07) is 7.78. The van der Waals surface area contributed by atoms with E-state index in [0.29, 0.717) is 13.2 Å². The van der Waals surface area contributed by atoms with Gasteiger partial charge in [-0.2, -0.15) is 0 Å². The molecule has 1 aromatic rings. The van der Waals surface area contributed by atoms with Crippen molar-refractivity contribution in [1.82, 2.24) is 5.32 Å². The fraction of sp³-hybridized carbons (Fsp3) is 0.500. The van der Waals surface area contributed by atoms with E-state index in [4.69, 9.17) is 4.74 Å². The van der Waals surface area contributed by atoms with E-state index in [9.17, 15) is 9.90 Å². The van der Waals surface area contributed by atoms with Crippen molar-refractivity contribution in [2.45, 2.75) is 32.8 Å². The Morgan fingerprint density at radius 1 is 1.44 bits per heavy atom. The molecule has 1 unspecified atom stereocenters. The molecule has 0 aromatic heterocycles. The maximum absolute atomic E-state index is 10.7. The number of carbonyl (C=O) groups excluding carboxylic acids is 1. The number of hydrogen-bond acceptors (Lipinski definition) is 3. The zero-order chi connectivity index (χ0) is 13.4. The molecule has 0 heterocycles. The van der Waals surface area contributed by atoms with Gasteiger partial charge >= 0.3 is 0 Å². The van der Waals surface area contributed by atoms with E-state index in [2.05, 4.69) is 5.32 Å². The largest absolute Gasteiger partial charge is 0.491 e. The van der Waals surface area contributed by atoms with E-state index in [0.717, 1.165) is 24.2 Å². The summed E-state index contributed by atoms with van der Waals surface area (Å²) in [5.74, 6) is 0.801. The van der Waals surface area contributed by atoms with Gasteiger partial charge in [0, 0.05) is 13.5 Å². The number of hydrogen-bond donors (Lipinski definition) is 2. The molecule has 18 heavy (non-hydrogen) atoms. The monoisotopic (exact) mass is 251 g/mol. The van der Waals surface area contributed by atoms with Gasteiger partial charge in [0.1, 0.15) is 12.4 Å². The van der Waals surface area contributed by atoms with Gasteiger partial charge in [0.15, 0.2) is 0 Å². The Hall–Kier alpha value is -1.55. The van der Waals surface area contributed by atoms with Crippen LogP contribution < -0.4 is 10.1 Å². The average Bonchev–Trinajstić information content (AvgIpc) is 2.33. The molecule has 1 aromatic carbocycles. The molecule has 2 N–H and O–H groups in total. The van der Waals surface area contributed by atoms with Crippen molar-refractivity contribution in [2.75, 3.05) is 13.2 Å². The van der Waals surface area contributed by atoms with Gasteiger partial charge in [-0.05, 0) is 31.4 Å². The van der Waals surface area contributed by atoms with Gasteiger partial charge < -0.3 is 15.2 Å². The Kier molecular flexibility index (Phi) is 6.22. The molecule has 1 amide bonds. The van der Waals surface area contributed by atoms with Crippen LogP contribution >= 0.6 is 0 Å². The summed E-state index contributed by atoms with van der Waals surface area (Å²) in [4.78, 5) is 10.7. The summed E-state index contributed by atoms with van der Waals surface area (Å²) in [7, 11) is 0. The van der Waals surface area contributed by atoms with Crippen LogP contribution in [0.25, 0.3) is 0 Å². The summed E-state index contributed by atoms with van der Waals surface area (Å²) in [5.41, 5.74) is 1.10. The van der Waals surface area contributed by atoms with Crippen LogP contribution in [0.5, 0.6) is 5.75 Å². The Morgan fingerprint density at radius 3 is 2.83 bits per heavy atom. The highest BCUT2D eigenvalue weighted by atomic mass is 16.5. The standard InChI is InChI=1S/C14H21NO3/c1-11(16)10-18-14-8-4-3-6-13(14)7-5-9-15-12(2)17/h3-4,6,8,11,16H,5,7,9-10H2,1-2H3,(H,15,17). The van der Waals surface area contributed by atoms with E-state index in [1.807, 2.05) is 24.3 Å². The molecule has 0 saturated heterocycles. The molecule has 0 fully saturated rings. The predicted molar refractivity (Wildman–Crippen MR) is 70.6 cm³/mol. The second-order valence-corrected chi connectivity index (χ2v) is 4.35. The molecule has 0 aliphatic rings. The van der Waals surface area contributed by atoms with Crippen LogP contribution in [-0.2, 0) is 11.2 Å². The van der Waals surface area contributed by atoms with Crippen LogP contribution in [0.2, 0.25) is 0 Å². The number of ether oxygens (including phenoxy) is 1. The van der Waals surface area contributed by atoms with Crippen molar-refractivity contribution in [2.24, 2.45) is 0 Å². The van der Waals surface area contributed by atoms with Gasteiger partial charge in [0.25, 0.3) is 0 Å². The number of rotatable bonds is 7. The van der Waals surface area contributed by atoms with Crippen molar-refractivity contribution < 1.29 is 14.6 Å². The van der Waals surface area contributed by atoms with Gasteiger partial charge in [-0.3, -0.25) is 4.79 Å². The molecule has 0 spiro atoms. The maximum atomic E-state index is 10.7. The number of para-hydroxylation sites is 1. The molecule has 0 saturated carbocycles. The topological polar surface area (TPSA) is 58.6 Å². The third-order valence-corrected chi connectivity index (χ3v) is 2.45. The van der Waals surface area contributed by atoms with Crippen LogP contribution in [0.4, 0.5) is 0 Å². The number of carbonyl (C=O) groups is 1. The van der Waals surface area contributed by atoms with Crippen LogP contribution in [-0.4, -0.2) is 30.3 Å². The molecule has 0 aliphatic heterocycles. The van der Waals surface area contributed by atoms with Gasteiger partial charge in [0.2, 0.25) is 5.91 Å². The van der Waals surface area contributed by atoms with E-state index < -0.39 is 6.10 Å². The minimum Gasteiger partial charge on any atom is -0.491 e. The summed E-state index contributed by atoms with van der Waals surface area (Å²) in [6.07, 6.45) is 1.24. The molecule has 4 heteroatoms. The molecule has 0 radical (unpaired) electrons. The first-order valence-corrected chi connectivity index (χ1v) is 6.23. The fourth-order valence-electron chi connectivity index (χ4n) is 1.60. The normalized spacial score (nSPS) is 11.9. The van der Waals surface area contributed by atoms with E-state index in [1.165, 1.54) is 6.92 Å². The van der Waals surface area contributed by atoms with Crippen molar-refractivity contribution in [3.05, 3.63) is 29.8 Å². The quantitative estimate of drug-likeness (QED) is 0.722. The van der Waals surface area contributed by atoms with Gasteiger partial charge in [-0.1, -0.05) is 18.2 Å². The first kappa shape index (κ1) is 14.5. The predicted octanol–water partition coefficient (Wildman–Crippen LogP) is 1.51. The summed E-state index contributed by atoms with van der Waals surface area (Å²) >= 11 is 0. The molecule has 1 rings (SSSR count). The van der Waals surface area contributed by atoms with E-state index >= 15 is 0 Å². The summed E-state index contributed by atoms with van der Waals surface area (Å²) < 4.78 is 5.54. The highest BCUT2D eigenvalue weighted by molar-refractivity contribution is 5.72. The lowest BCUT2D eigenvalue weighted by molar-refractivity contribution is -0.118. The maximum Gasteiger partial charge on any atom is 0.216 e. The Morgan fingerprint density at radius 2 is 2.17 bits per heavy atom. The third-order valence-electron chi connectivity index (χ3n) is 2.45. The first-order valence-electron chi connectivity index (χ1n) is 6.23. The van der Waals surface area contributed by atoms with E-state index in [1.54, 1.807) is 6.92 Å². The van der Waals surface area contributed by atoms with Crippen molar-refractivity contribution in [3.63, 3.8) is 0 Å². The second kappa shape index (κ2) is 7.71. The lowest BCUT2D eigenvalue weighted by Crippen LogP contribution is -2.21. The van der Waals surface area contributed by atoms with Crippen LogP contribution in [0, 0.1) is 0 Å². The highest BCUT2D eigenvalue weighted by Crippen LogP contribution is 2.19.